The van der Waals surface area contributed by atoms with Gasteiger partial charge in [0.2, 0.25) is 0 Å². The van der Waals surface area contributed by atoms with Gasteiger partial charge in [0.05, 0.1) is 0 Å². The Kier molecular flexibility index (Phi) is 3.15. The number of hydrogen-bond donors (Lipinski definition) is 1. The molecule has 1 aliphatic heterocycles. The van der Waals surface area contributed by atoms with Crippen molar-refractivity contribution in [2.24, 2.45) is 5.73 Å². The molecule has 1 aromatic carbocycles. The van der Waals surface area contributed by atoms with E-state index in [0.29, 0.717) is 11.0 Å². The quantitative estimate of drug-likeness (QED) is 0.798. The van der Waals surface area contributed by atoms with Gasteiger partial charge < -0.3 is 10.6 Å². The van der Waals surface area contributed by atoms with E-state index in [4.69, 9.17) is 18.0 Å². The summed E-state index contributed by atoms with van der Waals surface area (Å²) in [6, 6.07) is 6.90. The van der Waals surface area contributed by atoms with Crippen molar-refractivity contribution in [1.82, 2.24) is 0 Å². The molecule has 1 heterocycles. The van der Waals surface area contributed by atoms with Crippen molar-refractivity contribution >= 4 is 22.9 Å². The van der Waals surface area contributed by atoms with Crippen LogP contribution in [0.3, 0.4) is 0 Å². The molecule has 0 spiro atoms. The molecule has 1 aliphatic rings. The van der Waals surface area contributed by atoms with Crippen LogP contribution in [-0.4, -0.2) is 17.6 Å². The first-order valence-electron chi connectivity index (χ1n) is 5.76. The van der Waals surface area contributed by atoms with Gasteiger partial charge in [0.15, 0.2) is 0 Å². The van der Waals surface area contributed by atoms with Gasteiger partial charge in [0.1, 0.15) is 4.99 Å². The topological polar surface area (TPSA) is 29.3 Å². The summed E-state index contributed by atoms with van der Waals surface area (Å²) in [6.07, 6.45) is 2.58. The Balaban J connectivity index is 2.32. The SMILES string of the molecule is Cc1cc(C(N)=S)ccc1N1CCCC1C. The molecule has 0 radical (unpaired) electrons. The first-order chi connectivity index (χ1) is 7.59. The number of nitrogens with zero attached hydrogens (tertiary/aromatic N) is 1. The lowest BCUT2D eigenvalue weighted by molar-refractivity contribution is 0.733. The van der Waals surface area contributed by atoms with E-state index in [1.807, 2.05) is 6.07 Å². The van der Waals surface area contributed by atoms with Crippen LogP contribution in [0.4, 0.5) is 5.69 Å². The maximum absolute atomic E-state index is 5.63. The number of hydrogen-bond acceptors (Lipinski definition) is 2. The molecule has 0 amide bonds. The predicted molar refractivity (Wildman–Crippen MR) is 73.1 cm³/mol. The molecule has 0 saturated carbocycles. The lowest BCUT2D eigenvalue weighted by Crippen LogP contribution is -2.27. The molecular formula is C13H18N2S. The van der Waals surface area contributed by atoms with Crippen LogP contribution < -0.4 is 10.6 Å². The zero-order valence-electron chi connectivity index (χ0n) is 9.86. The normalized spacial score (nSPS) is 20.1. The standard InChI is InChI=1S/C13H18N2S/c1-9-8-11(13(14)16)5-6-12(9)15-7-3-4-10(15)2/h5-6,8,10H,3-4,7H2,1-2H3,(H2,14,16). The van der Waals surface area contributed by atoms with Gasteiger partial charge in [-0.05, 0) is 50.5 Å². The fourth-order valence-electron chi connectivity index (χ4n) is 2.42. The molecule has 1 atom stereocenters. The van der Waals surface area contributed by atoms with Gasteiger partial charge in [-0.25, -0.2) is 0 Å². The summed E-state index contributed by atoms with van der Waals surface area (Å²) in [5, 5.41) is 0. The molecule has 2 N–H and O–H groups in total. The Hall–Kier alpha value is -1.09. The number of nitrogens with two attached hydrogens (primary N) is 1. The molecule has 0 aromatic heterocycles. The molecule has 16 heavy (non-hydrogen) atoms. The van der Waals surface area contributed by atoms with E-state index < -0.39 is 0 Å². The Morgan fingerprint density at radius 2 is 2.25 bits per heavy atom. The largest absolute Gasteiger partial charge is 0.389 e. The van der Waals surface area contributed by atoms with E-state index in [0.717, 1.165) is 12.1 Å². The number of rotatable bonds is 2. The molecule has 0 bridgehead atoms. The van der Waals surface area contributed by atoms with E-state index in [1.54, 1.807) is 0 Å². The molecule has 1 fully saturated rings. The number of thiocarbonyl (C=S) groups is 1. The predicted octanol–water partition coefficient (Wildman–Crippen LogP) is 2.62. The Morgan fingerprint density at radius 3 is 2.75 bits per heavy atom. The second-order valence-corrected chi connectivity index (χ2v) is 4.99. The Bertz CT molecular complexity index is 414. The Labute approximate surface area is 102 Å². The monoisotopic (exact) mass is 234 g/mol. The first kappa shape index (κ1) is 11.4. The maximum Gasteiger partial charge on any atom is 0.103 e. The molecule has 1 aromatic rings. The minimum atomic E-state index is 0.476. The van der Waals surface area contributed by atoms with Crippen molar-refractivity contribution in [1.29, 1.82) is 0 Å². The molecule has 1 unspecified atom stereocenters. The minimum Gasteiger partial charge on any atom is -0.389 e. The third-order valence-electron chi connectivity index (χ3n) is 3.34. The van der Waals surface area contributed by atoms with Crippen LogP contribution in [0, 0.1) is 6.92 Å². The summed E-state index contributed by atoms with van der Waals surface area (Å²) >= 11 is 4.99. The van der Waals surface area contributed by atoms with Crippen LogP contribution >= 0.6 is 12.2 Å². The van der Waals surface area contributed by atoms with Crippen molar-refractivity contribution in [3.05, 3.63) is 29.3 Å². The van der Waals surface area contributed by atoms with Crippen LogP contribution in [-0.2, 0) is 0 Å². The Morgan fingerprint density at radius 1 is 1.50 bits per heavy atom. The van der Waals surface area contributed by atoms with Crippen molar-refractivity contribution in [3.63, 3.8) is 0 Å². The number of benzene rings is 1. The summed E-state index contributed by atoms with van der Waals surface area (Å²) in [4.78, 5) is 2.95. The van der Waals surface area contributed by atoms with Crippen molar-refractivity contribution in [3.8, 4) is 0 Å². The van der Waals surface area contributed by atoms with Gasteiger partial charge >= 0.3 is 0 Å². The van der Waals surface area contributed by atoms with Crippen LogP contribution in [0.5, 0.6) is 0 Å². The summed E-state index contributed by atoms with van der Waals surface area (Å²) in [7, 11) is 0. The first-order valence-corrected chi connectivity index (χ1v) is 6.17. The highest BCUT2D eigenvalue weighted by Crippen LogP contribution is 2.28. The van der Waals surface area contributed by atoms with Crippen LogP contribution in [0.15, 0.2) is 18.2 Å². The maximum atomic E-state index is 5.63. The molecule has 2 nitrogen and oxygen atoms in total. The van der Waals surface area contributed by atoms with E-state index in [1.165, 1.54) is 24.1 Å². The molecule has 2 rings (SSSR count). The third-order valence-corrected chi connectivity index (χ3v) is 3.58. The van der Waals surface area contributed by atoms with E-state index in [2.05, 4.69) is 30.9 Å². The summed E-state index contributed by atoms with van der Waals surface area (Å²) < 4.78 is 0. The second kappa shape index (κ2) is 4.42. The number of aryl methyl sites for hydroxylation is 1. The van der Waals surface area contributed by atoms with E-state index in [9.17, 15) is 0 Å². The molecule has 86 valence electrons. The molecule has 0 aliphatic carbocycles. The fraction of sp³-hybridized carbons (Fsp3) is 0.462. The van der Waals surface area contributed by atoms with Crippen molar-refractivity contribution in [2.75, 3.05) is 11.4 Å². The van der Waals surface area contributed by atoms with Gasteiger partial charge in [0.25, 0.3) is 0 Å². The second-order valence-electron chi connectivity index (χ2n) is 4.55. The van der Waals surface area contributed by atoms with Crippen LogP contribution in [0.1, 0.15) is 30.9 Å². The highest BCUT2D eigenvalue weighted by atomic mass is 32.1. The van der Waals surface area contributed by atoms with Gasteiger partial charge in [0, 0.05) is 23.8 Å². The summed E-state index contributed by atoms with van der Waals surface area (Å²) in [6.45, 7) is 5.57. The third kappa shape index (κ3) is 2.05. The van der Waals surface area contributed by atoms with Crippen molar-refractivity contribution in [2.45, 2.75) is 32.7 Å². The van der Waals surface area contributed by atoms with E-state index in [-0.39, 0.29) is 0 Å². The smallest absolute Gasteiger partial charge is 0.103 e. The van der Waals surface area contributed by atoms with Gasteiger partial charge in [-0.15, -0.1) is 0 Å². The summed E-state index contributed by atoms with van der Waals surface area (Å²) in [5.41, 5.74) is 9.18. The fourth-order valence-corrected chi connectivity index (χ4v) is 2.55. The minimum absolute atomic E-state index is 0.476. The lowest BCUT2D eigenvalue weighted by atomic mass is 10.1. The molecular weight excluding hydrogens is 216 g/mol. The number of anilines is 1. The zero-order chi connectivity index (χ0) is 11.7. The molecule has 1 saturated heterocycles. The van der Waals surface area contributed by atoms with Gasteiger partial charge in [-0.1, -0.05) is 12.2 Å². The average molecular weight is 234 g/mol. The van der Waals surface area contributed by atoms with Crippen molar-refractivity contribution < 1.29 is 0 Å². The zero-order valence-corrected chi connectivity index (χ0v) is 10.7. The van der Waals surface area contributed by atoms with Gasteiger partial charge in [-0.3, -0.25) is 0 Å². The lowest BCUT2D eigenvalue weighted by Gasteiger charge is -2.26. The average Bonchev–Trinajstić information content (AvgIpc) is 2.64. The summed E-state index contributed by atoms with van der Waals surface area (Å²) in [5.74, 6) is 0. The molecule has 3 heteroatoms. The van der Waals surface area contributed by atoms with Crippen LogP contribution in [0.2, 0.25) is 0 Å². The van der Waals surface area contributed by atoms with Gasteiger partial charge in [-0.2, -0.15) is 0 Å². The highest BCUT2D eigenvalue weighted by molar-refractivity contribution is 7.80. The van der Waals surface area contributed by atoms with Crippen LogP contribution in [0.25, 0.3) is 0 Å². The van der Waals surface area contributed by atoms with E-state index >= 15 is 0 Å². The highest BCUT2D eigenvalue weighted by Gasteiger charge is 2.21.